The summed E-state index contributed by atoms with van der Waals surface area (Å²) in [6.45, 7) is 5.01. The van der Waals surface area contributed by atoms with E-state index in [9.17, 15) is 13.2 Å². The number of carbonyl (C=O) groups excluding carboxylic acids is 1. The highest BCUT2D eigenvalue weighted by atomic mass is 32.2. The maximum atomic E-state index is 13.1. The number of carbonyl (C=O) groups is 1. The minimum atomic E-state index is -3.74. The summed E-state index contributed by atoms with van der Waals surface area (Å²) in [5.41, 5.74) is 1.85. The SMILES string of the molecule is CC(C)Cc1nc2cc(NS(=O)(=O)N(C)C)cc(C(=O)NCCCOc3cccnc3)c2n1C. The van der Waals surface area contributed by atoms with Crippen LogP contribution in [0.5, 0.6) is 5.75 Å². The third-order valence-electron chi connectivity index (χ3n) is 5.13. The van der Waals surface area contributed by atoms with Crippen LogP contribution in [0.15, 0.2) is 36.7 Å². The second-order valence-electron chi connectivity index (χ2n) is 8.61. The van der Waals surface area contributed by atoms with Crippen LogP contribution in [-0.2, 0) is 23.7 Å². The molecule has 0 atom stereocenters. The quantitative estimate of drug-likeness (QED) is 0.401. The van der Waals surface area contributed by atoms with Crippen LogP contribution in [0.3, 0.4) is 0 Å². The molecule has 0 aliphatic carbocycles. The molecule has 0 saturated heterocycles. The lowest BCUT2D eigenvalue weighted by atomic mass is 10.1. The normalized spacial score (nSPS) is 11.9. The van der Waals surface area contributed by atoms with Gasteiger partial charge in [-0.3, -0.25) is 14.5 Å². The van der Waals surface area contributed by atoms with Gasteiger partial charge in [0, 0.05) is 40.3 Å². The molecule has 184 valence electrons. The zero-order valence-electron chi connectivity index (χ0n) is 20.2. The first-order valence-electron chi connectivity index (χ1n) is 11.1. The predicted octanol–water partition coefficient (Wildman–Crippen LogP) is 2.58. The lowest BCUT2D eigenvalue weighted by Crippen LogP contribution is -2.29. The Morgan fingerprint density at radius 2 is 2.03 bits per heavy atom. The van der Waals surface area contributed by atoms with Crippen LogP contribution in [0, 0.1) is 5.92 Å². The molecule has 1 aromatic carbocycles. The number of fused-ring (bicyclic) bond motifs is 1. The summed E-state index contributed by atoms with van der Waals surface area (Å²) in [6, 6.07) is 6.81. The van der Waals surface area contributed by atoms with Crippen LogP contribution in [0.25, 0.3) is 11.0 Å². The van der Waals surface area contributed by atoms with Crippen molar-refractivity contribution in [1.29, 1.82) is 0 Å². The highest BCUT2D eigenvalue weighted by Crippen LogP contribution is 2.26. The molecule has 0 bridgehead atoms. The van der Waals surface area contributed by atoms with E-state index in [1.54, 1.807) is 30.6 Å². The van der Waals surface area contributed by atoms with E-state index in [-0.39, 0.29) is 11.6 Å². The minimum absolute atomic E-state index is 0.278. The molecule has 34 heavy (non-hydrogen) atoms. The number of nitrogens with zero attached hydrogens (tertiary/aromatic N) is 4. The Balaban J connectivity index is 1.82. The Morgan fingerprint density at radius 3 is 2.68 bits per heavy atom. The van der Waals surface area contributed by atoms with Gasteiger partial charge < -0.3 is 14.6 Å². The van der Waals surface area contributed by atoms with Gasteiger partial charge in [0.1, 0.15) is 11.6 Å². The van der Waals surface area contributed by atoms with Crippen molar-refractivity contribution in [3.63, 3.8) is 0 Å². The number of imidazole rings is 1. The van der Waals surface area contributed by atoms with Crippen molar-refractivity contribution in [2.24, 2.45) is 13.0 Å². The summed E-state index contributed by atoms with van der Waals surface area (Å²) in [4.78, 5) is 21.8. The largest absolute Gasteiger partial charge is 0.492 e. The Bertz CT molecular complexity index is 1240. The van der Waals surface area contributed by atoms with Gasteiger partial charge in [0.05, 0.1) is 35.1 Å². The maximum absolute atomic E-state index is 13.1. The van der Waals surface area contributed by atoms with Gasteiger partial charge in [-0.25, -0.2) is 4.98 Å². The van der Waals surface area contributed by atoms with E-state index >= 15 is 0 Å². The Morgan fingerprint density at radius 1 is 1.26 bits per heavy atom. The number of aromatic nitrogens is 3. The Hall–Kier alpha value is -3.18. The van der Waals surface area contributed by atoms with E-state index in [1.165, 1.54) is 14.1 Å². The van der Waals surface area contributed by atoms with Gasteiger partial charge in [-0.05, 0) is 36.6 Å². The molecular formula is C23H32N6O4S. The van der Waals surface area contributed by atoms with Crippen LogP contribution >= 0.6 is 0 Å². The van der Waals surface area contributed by atoms with Crippen LogP contribution in [-0.4, -0.2) is 60.4 Å². The van der Waals surface area contributed by atoms with Crippen molar-refractivity contribution < 1.29 is 17.9 Å². The van der Waals surface area contributed by atoms with Crippen LogP contribution in [0.4, 0.5) is 5.69 Å². The molecule has 10 nitrogen and oxygen atoms in total. The molecule has 0 aliphatic rings. The van der Waals surface area contributed by atoms with E-state index in [1.807, 2.05) is 17.7 Å². The summed E-state index contributed by atoms with van der Waals surface area (Å²) in [7, 11) is 0.999. The first kappa shape index (κ1) is 25.4. The summed E-state index contributed by atoms with van der Waals surface area (Å²) in [5, 5.41) is 2.90. The molecule has 2 heterocycles. The maximum Gasteiger partial charge on any atom is 0.301 e. The average Bonchev–Trinajstić information content (AvgIpc) is 3.07. The number of hydrogen-bond acceptors (Lipinski definition) is 6. The predicted molar refractivity (Wildman–Crippen MR) is 132 cm³/mol. The molecule has 1 amide bonds. The smallest absolute Gasteiger partial charge is 0.301 e. The van der Waals surface area contributed by atoms with Crippen molar-refractivity contribution in [1.82, 2.24) is 24.2 Å². The van der Waals surface area contributed by atoms with Gasteiger partial charge in [0.15, 0.2) is 0 Å². The van der Waals surface area contributed by atoms with Gasteiger partial charge in [0.2, 0.25) is 0 Å². The Labute approximate surface area is 200 Å². The second-order valence-corrected chi connectivity index (χ2v) is 10.5. The first-order valence-corrected chi connectivity index (χ1v) is 12.5. The van der Waals surface area contributed by atoms with Crippen LogP contribution < -0.4 is 14.8 Å². The van der Waals surface area contributed by atoms with E-state index in [2.05, 4.69) is 33.9 Å². The van der Waals surface area contributed by atoms with Crippen molar-refractivity contribution in [3.05, 3.63) is 48.0 Å². The standard InChI is InChI=1S/C23H32N6O4S/c1-16(2)12-21-26-20-14-17(27-34(31,32)28(3)4)13-19(22(20)29(21)5)23(30)25-10-7-11-33-18-8-6-9-24-15-18/h6,8-9,13-16,27H,7,10-12H2,1-5H3,(H,25,30). The van der Waals surface area contributed by atoms with E-state index in [0.29, 0.717) is 47.8 Å². The summed E-state index contributed by atoms with van der Waals surface area (Å²) in [6.07, 6.45) is 4.63. The summed E-state index contributed by atoms with van der Waals surface area (Å²) < 4.78 is 35.8. The highest BCUT2D eigenvalue weighted by molar-refractivity contribution is 7.90. The number of nitrogens with one attached hydrogen (secondary N) is 2. The van der Waals surface area contributed by atoms with Crippen LogP contribution in [0.2, 0.25) is 0 Å². The summed E-state index contributed by atoms with van der Waals surface area (Å²) >= 11 is 0. The molecule has 0 fully saturated rings. The zero-order valence-corrected chi connectivity index (χ0v) is 21.0. The topological polar surface area (TPSA) is 118 Å². The van der Waals surface area contributed by atoms with Gasteiger partial charge >= 0.3 is 10.2 Å². The number of amides is 1. The van der Waals surface area contributed by atoms with Crippen molar-refractivity contribution in [2.75, 3.05) is 32.0 Å². The molecule has 0 spiro atoms. The molecule has 0 unspecified atom stereocenters. The molecule has 0 radical (unpaired) electrons. The molecule has 0 saturated carbocycles. The molecule has 11 heteroatoms. The van der Waals surface area contributed by atoms with E-state index < -0.39 is 10.2 Å². The average molecular weight is 489 g/mol. The van der Waals surface area contributed by atoms with Crippen molar-refractivity contribution in [3.8, 4) is 5.75 Å². The number of aryl methyl sites for hydroxylation is 1. The Kier molecular flexibility index (Phi) is 8.11. The fourth-order valence-corrected chi connectivity index (χ4v) is 4.01. The number of hydrogen-bond donors (Lipinski definition) is 2. The van der Waals surface area contributed by atoms with Gasteiger partial charge in [-0.1, -0.05) is 13.8 Å². The number of pyridine rings is 1. The van der Waals surface area contributed by atoms with Crippen molar-refractivity contribution in [2.45, 2.75) is 26.7 Å². The lowest BCUT2D eigenvalue weighted by Gasteiger charge is -2.15. The number of ether oxygens (including phenoxy) is 1. The van der Waals surface area contributed by atoms with Gasteiger partial charge in [-0.15, -0.1) is 0 Å². The molecule has 0 aliphatic heterocycles. The highest BCUT2D eigenvalue weighted by Gasteiger charge is 2.21. The first-order chi connectivity index (χ1) is 16.1. The number of benzene rings is 1. The van der Waals surface area contributed by atoms with E-state index in [4.69, 9.17) is 4.74 Å². The molecule has 3 rings (SSSR count). The van der Waals surface area contributed by atoms with E-state index in [0.717, 1.165) is 16.6 Å². The second kappa shape index (κ2) is 10.8. The monoisotopic (exact) mass is 488 g/mol. The molecular weight excluding hydrogens is 456 g/mol. The fourth-order valence-electron chi connectivity index (χ4n) is 3.41. The minimum Gasteiger partial charge on any atom is -0.492 e. The number of anilines is 1. The van der Waals surface area contributed by atoms with Gasteiger partial charge in [-0.2, -0.15) is 12.7 Å². The fraction of sp³-hybridized carbons (Fsp3) is 0.435. The number of rotatable bonds is 11. The third kappa shape index (κ3) is 6.23. The van der Waals surface area contributed by atoms with Crippen molar-refractivity contribution >= 4 is 32.8 Å². The molecule has 2 N–H and O–H groups in total. The lowest BCUT2D eigenvalue weighted by molar-refractivity contribution is 0.0953. The van der Waals surface area contributed by atoms with Gasteiger partial charge in [0.25, 0.3) is 5.91 Å². The zero-order chi connectivity index (χ0) is 24.9. The third-order valence-corrected chi connectivity index (χ3v) is 6.59. The summed E-state index contributed by atoms with van der Waals surface area (Å²) in [5.74, 6) is 1.57. The molecule has 3 aromatic rings. The molecule has 2 aromatic heterocycles. The van der Waals surface area contributed by atoms with Crippen LogP contribution in [0.1, 0.15) is 36.5 Å².